The first kappa shape index (κ1) is 14.3. The molecule has 1 N–H and O–H groups in total. The molecule has 0 aromatic carbocycles. The van der Waals surface area contributed by atoms with Gasteiger partial charge in [0.2, 0.25) is 11.8 Å². The number of hydrogen-bond donors (Lipinski definition) is 1. The number of carbonyl (C=O) groups excluding carboxylic acids is 2. The Bertz CT molecular complexity index is 336. The van der Waals surface area contributed by atoms with Crippen LogP contribution in [0.5, 0.6) is 0 Å². The van der Waals surface area contributed by atoms with Crippen LogP contribution in [0, 0.1) is 0 Å². The molecule has 19 heavy (non-hydrogen) atoms. The van der Waals surface area contributed by atoms with E-state index in [9.17, 15) is 9.59 Å². The molecule has 2 fully saturated rings. The highest BCUT2D eigenvalue weighted by Gasteiger charge is 2.30. The van der Waals surface area contributed by atoms with E-state index in [1.807, 2.05) is 18.9 Å². The van der Waals surface area contributed by atoms with Crippen LogP contribution in [-0.4, -0.2) is 60.4 Å². The first-order valence-electron chi connectivity index (χ1n) is 7.37. The fourth-order valence-corrected chi connectivity index (χ4v) is 2.51. The van der Waals surface area contributed by atoms with Crippen LogP contribution in [0.15, 0.2) is 0 Å². The van der Waals surface area contributed by atoms with E-state index in [2.05, 4.69) is 5.32 Å². The Morgan fingerprint density at radius 2 is 1.89 bits per heavy atom. The van der Waals surface area contributed by atoms with E-state index in [-0.39, 0.29) is 24.4 Å². The van der Waals surface area contributed by atoms with E-state index in [4.69, 9.17) is 0 Å². The summed E-state index contributed by atoms with van der Waals surface area (Å²) in [6.07, 6.45) is 5.65. The Kier molecular flexibility index (Phi) is 4.80. The molecule has 5 heteroatoms. The van der Waals surface area contributed by atoms with Gasteiger partial charge < -0.3 is 9.80 Å². The number of hydrogen-bond acceptors (Lipinski definition) is 3. The molecule has 2 amide bonds. The Morgan fingerprint density at radius 1 is 1.26 bits per heavy atom. The Labute approximate surface area is 115 Å². The number of piperidine rings is 1. The van der Waals surface area contributed by atoms with Crippen LogP contribution >= 0.6 is 0 Å². The number of nitrogens with one attached hydrogen (secondary N) is 1. The maximum Gasteiger partial charge on any atom is 0.239 e. The fourth-order valence-electron chi connectivity index (χ4n) is 2.51. The zero-order valence-corrected chi connectivity index (χ0v) is 12.0. The zero-order chi connectivity index (χ0) is 13.8. The standard InChI is InChI=1S/C14H25N3O2/c1-11(14(19)17-8-4-3-5-9-17)15-10-13(18)16(2)12-6-7-12/h11-12,15H,3-10H2,1-2H3. The van der Waals surface area contributed by atoms with Gasteiger partial charge in [0, 0.05) is 26.2 Å². The molecule has 0 bridgehead atoms. The van der Waals surface area contributed by atoms with Crippen molar-refractivity contribution in [1.29, 1.82) is 0 Å². The van der Waals surface area contributed by atoms with Crippen molar-refractivity contribution in [2.45, 2.75) is 51.1 Å². The highest BCUT2D eigenvalue weighted by molar-refractivity contribution is 5.83. The molecule has 0 radical (unpaired) electrons. The number of nitrogens with zero attached hydrogens (tertiary/aromatic N) is 2. The fraction of sp³-hybridized carbons (Fsp3) is 0.857. The molecule has 0 aromatic heterocycles. The molecular formula is C14H25N3O2. The maximum atomic E-state index is 12.2. The predicted molar refractivity (Wildman–Crippen MR) is 73.7 cm³/mol. The summed E-state index contributed by atoms with van der Waals surface area (Å²) in [7, 11) is 1.85. The minimum absolute atomic E-state index is 0.0841. The van der Waals surface area contributed by atoms with E-state index in [0.717, 1.165) is 38.8 Å². The van der Waals surface area contributed by atoms with Gasteiger partial charge in [-0.25, -0.2) is 0 Å². The van der Waals surface area contributed by atoms with Crippen LogP contribution < -0.4 is 5.32 Å². The Hall–Kier alpha value is -1.10. The van der Waals surface area contributed by atoms with Gasteiger partial charge in [-0.05, 0) is 39.0 Å². The summed E-state index contributed by atoms with van der Waals surface area (Å²) in [5, 5.41) is 3.06. The Morgan fingerprint density at radius 3 is 2.47 bits per heavy atom. The molecule has 2 aliphatic rings. The molecule has 0 spiro atoms. The number of carbonyl (C=O) groups is 2. The van der Waals surface area contributed by atoms with Gasteiger partial charge in [-0.15, -0.1) is 0 Å². The molecule has 0 aromatic rings. The van der Waals surface area contributed by atoms with Crippen molar-refractivity contribution in [1.82, 2.24) is 15.1 Å². The van der Waals surface area contributed by atoms with Crippen molar-refractivity contribution >= 4 is 11.8 Å². The summed E-state index contributed by atoms with van der Waals surface area (Å²) in [4.78, 5) is 27.7. The third-order valence-electron chi connectivity index (χ3n) is 4.09. The van der Waals surface area contributed by atoms with Crippen molar-refractivity contribution in [3.63, 3.8) is 0 Å². The summed E-state index contributed by atoms with van der Waals surface area (Å²) >= 11 is 0. The normalized spacial score (nSPS) is 21.1. The molecule has 5 nitrogen and oxygen atoms in total. The first-order chi connectivity index (χ1) is 9.09. The van der Waals surface area contributed by atoms with E-state index in [1.165, 1.54) is 6.42 Å². The van der Waals surface area contributed by atoms with Crippen LogP contribution in [-0.2, 0) is 9.59 Å². The van der Waals surface area contributed by atoms with E-state index >= 15 is 0 Å². The third-order valence-corrected chi connectivity index (χ3v) is 4.09. The second kappa shape index (κ2) is 6.37. The monoisotopic (exact) mass is 267 g/mol. The number of likely N-dealkylation sites (tertiary alicyclic amines) is 1. The maximum absolute atomic E-state index is 12.2. The third kappa shape index (κ3) is 3.93. The summed E-state index contributed by atoms with van der Waals surface area (Å²) in [5.41, 5.74) is 0. The summed E-state index contributed by atoms with van der Waals surface area (Å²) in [6.45, 7) is 3.83. The van der Waals surface area contributed by atoms with Gasteiger partial charge in [0.1, 0.15) is 0 Å². The smallest absolute Gasteiger partial charge is 0.239 e. The van der Waals surface area contributed by atoms with Gasteiger partial charge in [-0.3, -0.25) is 14.9 Å². The molecule has 1 saturated heterocycles. The van der Waals surface area contributed by atoms with Gasteiger partial charge in [0.05, 0.1) is 12.6 Å². The second-order valence-electron chi connectivity index (χ2n) is 5.72. The summed E-state index contributed by atoms with van der Waals surface area (Å²) < 4.78 is 0. The Balaban J connectivity index is 1.71. The lowest BCUT2D eigenvalue weighted by Crippen LogP contribution is -2.49. The van der Waals surface area contributed by atoms with Gasteiger partial charge in [-0.1, -0.05) is 0 Å². The molecule has 1 saturated carbocycles. The van der Waals surface area contributed by atoms with Crippen molar-refractivity contribution in [2.75, 3.05) is 26.7 Å². The van der Waals surface area contributed by atoms with Crippen LogP contribution in [0.1, 0.15) is 39.0 Å². The SMILES string of the molecule is CC(NCC(=O)N(C)C1CC1)C(=O)N1CCCCC1. The van der Waals surface area contributed by atoms with E-state index < -0.39 is 0 Å². The van der Waals surface area contributed by atoms with Crippen LogP contribution in [0.4, 0.5) is 0 Å². The lowest BCUT2D eigenvalue weighted by molar-refractivity contribution is -0.134. The minimum Gasteiger partial charge on any atom is -0.342 e. The van der Waals surface area contributed by atoms with Gasteiger partial charge >= 0.3 is 0 Å². The number of rotatable bonds is 5. The van der Waals surface area contributed by atoms with Crippen LogP contribution in [0.25, 0.3) is 0 Å². The molecular weight excluding hydrogens is 242 g/mol. The molecule has 1 unspecified atom stereocenters. The van der Waals surface area contributed by atoms with E-state index in [0.29, 0.717) is 6.04 Å². The molecule has 1 aliphatic heterocycles. The van der Waals surface area contributed by atoms with Crippen molar-refractivity contribution in [3.05, 3.63) is 0 Å². The summed E-state index contributed by atoms with van der Waals surface area (Å²) in [6, 6.07) is 0.164. The zero-order valence-electron chi connectivity index (χ0n) is 12.0. The average molecular weight is 267 g/mol. The quantitative estimate of drug-likeness (QED) is 0.793. The largest absolute Gasteiger partial charge is 0.342 e. The molecule has 1 heterocycles. The van der Waals surface area contributed by atoms with Crippen LogP contribution in [0.2, 0.25) is 0 Å². The minimum atomic E-state index is -0.269. The number of amides is 2. The van der Waals surface area contributed by atoms with Gasteiger partial charge in [-0.2, -0.15) is 0 Å². The topological polar surface area (TPSA) is 52.7 Å². The lowest BCUT2D eigenvalue weighted by Gasteiger charge is -2.29. The second-order valence-corrected chi connectivity index (χ2v) is 5.72. The van der Waals surface area contributed by atoms with Crippen LogP contribution in [0.3, 0.4) is 0 Å². The molecule has 2 rings (SSSR count). The van der Waals surface area contributed by atoms with Crippen molar-refractivity contribution < 1.29 is 9.59 Å². The van der Waals surface area contributed by atoms with Crippen molar-refractivity contribution in [2.24, 2.45) is 0 Å². The highest BCUT2D eigenvalue weighted by atomic mass is 16.2. The summed E-state index contributed by atoms with van der Waals surface area (Å²) in [5.74, 6) is 0.211. The molecule has 1 aliphatic carbocycles. The predicted octanol–water partition coefficient (Wildman–Crippen LogP) is 0.598. The number of likely N-dealkylation sites (N-methyl/N-ethyl adjacent to an activating group) is 1. The average Bonchev–Trinajstić information content (AvgIpc) is 3.28. The molecule has 1 atom stereocenters. The van der Waals surface area contributed by atoms with Gasteiger partial charge in [0.15, 0.2) is 0 Å². The highest BCUT2D eigenvalue weighted by Crippen LogP contribution is 2.25. The molecule has 108 valence electrons. The van der Waals surface area contributed by atoms with Crippen molar-refractivity contribution in [3.8, 4) is 0 Å². The lowest BCUT2D eigenvalue weighted by atomic mass is 10.1. The van der Waals surface area contributed by atoms with Gasteiger partial charge in [0.25, 0.3) is 0 Å². The van der Waals surface area contributed by atoms with E-state index in [1.54, 1.807) is 4.90 Å². The first-order valence-corrected chi connectivity index (χ1v) is 7.37.